The first-order valence-electron chi connectivity index (χ1n) is 3.55. The van der Waals surface area contributed by atoms with E-state index >= 15 is 0 Å². The molecule has 2 nitrogen and oxygen atoms in total. The van der Waals surface area contributed by atoms with E-state index in [1.165, 1.54) is 0 Å². The fraction of sp³-hybridized carbons (Fsp3) is 0.250. The van der Waals surface area contributed by atoms with Gasteiger partial charge in [0.15, 0.2) is 0 Å². The summed E-state index contributed by atoms with van der Waals surface area (Å²) in [6, 6.07) is 5.41. The predicted molar refractivity (Wildman–Crippen MR) is 55.1 cm³/mol. The molecule has 1 aromatic carbocycles. The highest BCUT2D eigenvalue weighted by Crippen LogP contribution is 2.24. The van der Waals surface area contributed by atoms with Crippen molar-refractivity contribution in [3.05, 3.63) is 33.3 Å². The molecule has 0 radical (unpaired) electrons. The molecule has 0 aliphatic heterocycles. The lowest BCUT2D eigenvalue weighted by molar-refractivity contribution is 0.737. The largest absolute Gasteiger partial charge is 0.329 e. The minimum atomic E-state index is -0.175. The Labute approximate surface area is 85.0 Å². The third-order valence-corrected chi connectivity index (χ3v) is 2.44. The van der Waals surface area contributed by atoms with Crippen LogP contribution in [-0.2, 0) is 0 Å². The first kappa shape index (κ1) is 9.99. The molecule has 1 atom stereocenters. The molecular weight excluding hydrogens is 239 g/mol. The molecular formula is C8H10BrClN2. The van der Waals surface area contributed by atoms with E-state index in [2.05, 4.69) is 15.9 Å². The molecule has 66 valence electrons. The van der Waals surface area contributed by atoms with Crippen molar-refractivity contribution in [3.63, 3.8) is 0 Å². The van der Waals surface area contributed by atoms with Crippen LogP contribution in [0.5, 0.6) is 0 Å². The Balaban J connectivity index is 3.01. The third kappa shape index (κ3) is 2.20. The Morgan fingerprint density at radius 2 is 2.17 bits per heavy atom. The lowest BCUT2D eigenvalue weighted by atomic mass is 10.1. The Kier molecular flexibility index (Phi) is 3.53. The summed E-state index contributed by atoms with van der Waals surface area (Å²) in [5, 5.41) is 0.655. The van der Waals surface area contributed by atoms with Gasteiger partial charge in [-0.1, -0.05) is 33.6 Å². The first-order valence-corrected chi connectivity index (χ1v) is 4.73. The van der Waals surface area contributed by atoms with Crippen LogP contribution < -0.4 is 11.5 Å². The van der Waals surface area contributed by atoms with E-state index < -0.39 is 0 Å². The summed E-state index contributed by atoms with van der Waals surface area (Å²) >= 11 is 9.25. The summed E-state index contributed by atoms with van der Waals surface area (Å²) in [5.41, 5.74) is 12.0. The average molecular weight is 250 g/mol. The summed E-state index contributed by atoms with van der Waals surface area (Å²) in [6.07, 6.45) is 0. The first-order chi connectivity index (χ1) is 5.65. The number of rotatable bonds is 2. The molecule has 0 bridgehead atoms. The van der Waals surface area contributed by atoms with Crippen molar-refractivity contribution in [2.75, 3.05) is 6.54 Å². The maximum absolute atomic E-state index is 5.94. The van der Waals surface area contributed by atoms with E-state index in [4.69, 9.17) is 23.1 Å². The molecule has 0 saturated carbocycles. The zero-order valence-electron chi connectivity index (χ0n) is 6.43. The summed E-state index contributed by atoms with van der Waals surface area (Å²) in [4.78, 5) is 0. The number of hydrogen-bond donors (Lipinski definition) is 2. The summed E-state index contributed by atoms with van der Waals surface area (Å²) in [6.45, 7) is 0.404. The van der Waals surface area contributed by atoms with Crippen molar-refractivity contribution in [2.24, 2.45) is 11.5 Å². The van der Waals surface area contributed by atoms with Crippen molar-refractivity contribution < 1.29 is 0 Å². The van der Waals surface area contributed by atoms with Crippen LogP contribution in [-0.4, -0.2) is 6.54 Å². The number of nitrogens with two attached hydrogens (primary N) is 2. The molecule has 0 unspecified atom stereocenters. The second kappa shape index (κ2) is 4.23. The van der Waals surface area contributed by atoms with Gasteiger partial charge in [0.1, 0.15) is 0 Å². The van der Waals surface area contributed by atoms with Gasteiger partial charge in [-0.3, -0.25) is 0 Å². The SMILES string of the molecule is NC[C@@H](N)c1ccc(Br)cc1Cl. The van der Waals surface area contributed by atoms with E-state index in [9.17, 15) is 0 Å². The highest BCUT2D eigenvalue weighted by atomic mass is 79.9. The molecule has 0 amide bonds. The van der Waals surface area contributed by atoms with Crippen molar-refractivity contribution in [1.29, 1.82) is 0 Å². The molecule has 1 rings (SSSR count). The van der Waals surface area contributed by atoms with Crippen LogP contribution in [0.4, 0.5) is 0 Å². The van der Waals surface area contributed by atoms with Gasteiger partial charge in [-0.2, -0.15) is 0 Å². The number of halogens is 2. The lowest BCUT2D eigenvalue weighted by Crippen LogP contribution is -2.20. The molecule has 4 N–H and O–H groups in total. The van der Waals surface area contributed by atoms with Crippen LogP contribution in [0.1, 0.15) is 11.6 Å². The van der Waals surface area contributed by atoms with Gasteiger partial charge >= 0.3 is 0 Å². The zero-order chi connectivity index (χ0) is 9.14. The van der Waals surface area contributed by atoms with E-state index in [1.54, 1.807) is 0 Å². The van der Waals surface area contributed by atoms with Crippen molar-refractivity contribution >= 4 is 27.5 Å². The monoisotopic (exact) mass is 248 g/mol. The van der Waals surface area contributed by atoms with Crippen LogP contribution in [0.15, 0.2) is 22.7 Å². The Bertz CT molecular complexity index is 278. The Morgan fingerprint density at radius 1 is 1.50 bits per heavy atom. The normalized spacial score (nSPS) is 13.0. The van der Waals surface area contributed by atoms with E-state index in [0.717, 1.165) is 10.0 Å². The van der Waals surface area contributed by atoms with Gasteiger partial charge in [-0.05, 0) is 17.7 Å². The second-order valence-electron chi connectivity index (χ2n) is 2.51. The molecule has 0 saturated heterocycles. The Hall–Kier alpha value is -0.0900. The smallest absolute Gasteiger partial charge is 0.0465 e. The average Bonchev–Trinajstić information content (AvgIpc) is 2.03. The molecule has 0 aromatic heterocycles. The highest BCUT2D eigenvalue weighted by molar-refractivity contribution is 9.10. The van der Waals surface area contributed by atoms with E-state index in [1.807, 2.05) is 18.2 Å². The summed E-state index contributed by atoms with van der Waals surface area (Å²) < 4.78 is 0.945. The highest BCUT2D eigenvalue weighted by Gasteiger charge is 2.07. The van der Waals surface area contributed by atoms with Crippen molar-refractivity contribution in [1.82, 2.24) is 0 Å². The molecule has 12 heavy (non-hydrogen) atoms. The van der Waals surface area contributed by atoms with Crippen LogP contribution >= 0.6 is 27.5 Å². The predicted octanol–water partition coefficient (Wildman–Crippen LogP) is 2.06. The number of benzene rings is 1. The van der Waals surface area contributed by atoms with E-state index in [-0.39, 0.29) is 6.04 Å². The fourth-order valence-electron chi connectivity index (χ4n) is 0.929. The van der Waals surface area contributed by atoms with Gasteiger partial charge < -0.3 is 11.5 Å². The van der Waals surface area contributed by atoms with Crippen LogP contribution in [0.2, 0.25) is 5.02 Å². The topological polar surface area (TPSA) is 52.0 Å². The summed E-state index contributed by atoms with van der Waals surface area (Å²) in [7, 11) is 0. The van der Waals surface area contributed by atoms with Crippen LogP contribution in [0.3, 0.4) is 0 Å². The molecule has 0 aliphatic rings. The lowest BCUT2D eigenvalue weighted by Gasteiger charge is -2.10. The molecule has 1 aromatic rings. The maximum atomic E-state index is 5.94. The number of hydrogen-bond acceptors (Lipinski definition) is 2. The zero-order valence-corrected chi connectivity index (χ0v) is 8.77. The van der Waals surface area contributed by atoms with E-state index in [0.29, 0.717) is 11.6 Å². The van der Waals surface area contributed by atoms with Crippen LogP contribution in [0, 0.1) is 0 Å². The molecule has 4 heteroatoms. The van der Waals surface area contributed by atoms with Gasteiger partial charge in [0.25, 0.3) is 0 Å². The van der Waals surface area contributed by atoms with Gasteiger partial charge in [0, 0.05) is 22.1 Å². The van der Waals surface area contributed by atoms with Gasteiger partial charge in [0.05, 0.1) is 0 Å². The molecule has 0 fully saturated rings. The standard InChI is InChI=1S/C8H10BrClN2/c9-5-1-2-6(7(10)3-5)8(12)4-11/h1-3,8H,4,11-12H2/t8-/m1/s1. The molecule has 0 aliphatic carbocycles. The van der Waals surface area contributed by atoms with Crippen LogP contribution in [0.25, 0.3) is 0 Å². The van der Waals surface area contributed by atoms with Gasteiger partial charge in [0.2, 0.25) is 0 Å². The second-order valence-corrected chi connectivity index (χ2v) is 3.83. The van der Waals surface area contributed by atoms with Gasteiger partial charge in [-0.25, -0.2) is 0 Å². The fourth-order valence-corrected chi connectivity index (χ4v) is 1.74. The summed E-state index contributed by atoms with van der Waals surface area (Å²) in [5.74, 6) is 0. The van der Waals surface area contributed by atoms with Gasteiger partial charge in [-0.15, -0.1) is 0 Å². The maximum Gasteiger partial charge on any atom is 0.0465 e. The van der Waals surface area contributed by atoms with Crippen molar-refractivity contribution in [2.45, 2.75) is 6.04 Å². The minimum absolute atomic E-state index is 0.175. The van der Waals surface area contributed by atoms with Crippen molar-refractivity contribution in [3.8, 4) is 0 Å². The molecule has 0 heterocycles. The Morgan fingerprint density at radius 3 is 2.67 bits per heavy atom. The molecule has 0 spiro atoms. The quantitative estimate of drug-likeness (QED) is 0.843. The minimum Gasteiger partial charge on any atom is -0.329 e. The third-order valence-electron chi connectivity index (χ3n) is 1.62.